The van der Waals surface area contributed by atoms with E-state index in [4.69, 9.17) is 0 Å². The molecule has 0 saturated heterocycles. The van der Waals surface area contributed by atoms with E-state index in [1.165, 1.54) is 12.1 Å². The van der Waals surface area contributed by atoms with Gasteiger partial charge in [-0.05, 0) is 31.5 Å². The summed E-state index contributed by atoms with van der Waals surface area (Å²) in [5.41, 5.74) is -0.833. The van der Waals surface area contributed by atoms with E-state index in [1.807, 2.05) is 13.8 Å². The van der Waals surface area contributed by atoms with Crippen molar-refractivity contribution in [3.63, 3.8) is 0 Å². The largest absolute Gasteiger partial charge is 0.390 e. The smallest absolute Gasteiger partial charge is 0.162 e. The van der Waals surface area contributed by atoms with Gasteiger partial charge in [-0.25, -0.2) is 8.78 Å². The highest BCUT2D eigenvalue weighted by Gasteiger charge is 2.23. The molecule has 0 heterocycles. The molecule has 0 aliphatic carbocycles. The number of hydrogen-bond acceptors (Lipinski definition) is 2. The molecule has 1 unspecified atom stereocenters. The van der Waals surface area contributed by atoms with Gasteiger partial charge >= 0.3 is 0 Å². The first-order valence-electron chi connectivity index (χ1n) is 6.20. The lowest BCUT2D eigenvalue weighted by Crippen LogP contribution is -2.34. The average Bonchev–Trinajstić information content (AvgIpc) is 2.23. The summed E-state index contributed by atoms with van der Waals surface area (Å²) in [5.74, 6) is -1.74. The van der Waals surface area contributed by atoms with Crippen molar-refractivity contribution in [1.29, 1.82) is 0 Å². The molecule has 0 radical (unpaired) electrons. The highest BCUT2D eigenvalue weighted by Crippen LogP contribution is 2.20. The lowest BCUT2D eigenvalue weighted by Gasteiger charge is -2.24. The molecule has 0 spiro atoms. The van der Waals surface area contributed by atoms with E-state index in [9.17, 15) is 13.9 Å². The molecule has 0 fully saturated rings. The molecule has 1 aromatic carbocycles. The summed E-state index contributed by atoms with van der Waals surface area (Å²) in [6, 6.07) is 4.37. The Morgan fingerprint density at radius 1 is 1.33 bits per heavy atom. The van der Waals surface area contributed by atoms with Crippen molar-refractivity contribution < 1.29 is 13.9 Å². The summed E-state index contributed by atoms with van der Waals surface area (Å²) in [7, 11) is 0. The first-order valence-corrected chi connectivity index (χ1v) is 6.20. The highest BCUT2D eigenvalue weighted by molar-refractivity contribution is 5.20. The predicted molar refractivity (Wildman–Crippen MR) is 68.4 cm³/mol. The second kappa shape index (κ2) is 6.25. The van der Waals surface area contributed by atoms with Crippen molar-refractivity contribution in [2.75, 3.05) is 6.54 Å². The fourth-order valence-electron chi connectivity index (χ4n) is 1.81. The van der Waals surface area contributed by atoms with Gasteiger partial charge in [-0.2, -0.15) is 0 Å². The SMILES string of the molecule is CC(C)NCCC(C)(O)Cc1cccc(F)c1F. The molecular formula is C14H21F2NO. The maximum Gasteiger partial charge on any atom is 0.162 e. The number of rotatable bonds is 6. The number of aliphatic hydroxyl groups is 1. The van der Waals surface area contributed by atoms with Gasteiger partial charge in [0.2, 0.25) is 0 Å². The fraction of sp³-hybridized carbons (Fsp3) is 0.571. The third-order valence-corrected chi connectivity index (χ3v) is 2.82. The van der Waals surface area contributed by atoms with Crippen LogP contribution < -0.4 is 5.32 Å². The average molecular weight is 257 g/mol. The minimum Gasteiger partial charge on any atom is -0.390 e. The van der Waals surface area contributed by atoms with Crippen LogP contribution >= 0.6 is 0 Å². The lowest BCUT2D eigenvalue weighted by molar-refractivity contribution is 0.0501. The Labute approximate surface area is 107 Å². The van der Waals surface area contributed by atoms with Gasteiger partial charge in [-0.1, -0.05) is 26.0 Å². The van der Waals surface area contributed by atoms with Gasteiger partial charge in [0.1, 0.15) is 0 Å². The molecule has 1 aromatic rings. The van der Waals surface area contributed by atoms with Crippen molar-refractivity contribution in [3.05, 3.63) is 35.4 Å². The second-order valence-electron chi connectivity index (χ2n) is 5.25. The molecule has 0 aromatic heterocycles. The number of benzene rings is 1. The molecule has 0 saturated carbocycles. The monoisotopic (exact) mass is 257 g/mol. The van der Waals surface area contributed by atoms with Crippen LogP contribution in [0.4, 0.5) is 8.78 Å². The molecule has 4 heteroatoms. The zero-order chi connectivity index (χ0) is 13.8. The Hall–Kier alpha value is -1.00. The van der Waals surface area contributed by atoms with Crippen LogP contribution in [0.5, 0.6) is 0 Å². The van der Waals surface area contributed by atoms with E-state index in [1.54, 1.807) is 6.92 Å². The zero-order valence-corrected chi connectivity index (χ0v) is 11.1. The van der Waals surface area contributed by atoms with Crippen LogP contribution in [-0.4, -0.2) is 23.3 Å². The molecule has 0 aliphatic rings. The molecule has 102 valence electrons. The fourth-order valence-corrected chi connectivity index (χ4v) is 1.81. The molecule has 0 bridgehead atoms. The van der Waals surface area contributed by atoms with E-state index in [-0.39, 0.29) is 12.0 Å². The molecule has 18 heavy (non-hydrogen) atoms. The Morgan fingerprint density at radius 3 is 2.61 bits per heavy atom. The first kappa shape index (κ1) is 15.1. The van der Waals surface area contributed by atoms with Crippen LogP contribution in [-0.2, 0) is 6.42 Å². The van der Waals surface area contributed by atoms with E-state index in [0.717, 1.165) is 6.07 Å². The quantitative estimate of drug-likeness (QED) is 0.821. The van der Waals surface area contributed by atoms with Gasteiger partial charge < -0.3 is 10.4 Å². The third-order valence-electron chi connectivity index (χ3n) is 2.82. The van der Waals surface area contributed by atoms with Crippen molar-refractivity contribution in [2.45, 2.75) is 45.3 Å². The summed E-state index contributed by atoms with van der Waals surface area (Å²) >= 11 is 0. The van der Waals surface area contributed by atoms with Gasteiger partial charge in [0, 0.05) is 12.5 Å². The van der Waals surface area contributed by atoms with Gasteiger partial charge in [0.15, 0.2) is 11.6 Å². The van der Waals surface area contributed by atoms with Crippen molar-refractivity contribution in [2.24, 2.45) is 0 Å². The summed E-state index contributed by atoms with van der Waals surface area (Å²) in [4.78, 5) is 0. The topological polar surface area (TPSA) is 32.3 Å². The zero-order valence-electron chi connectivity index (χ0n) is 11.1. The predicted octanol–water partition coefficient (Wildman–Crippen LogP) is 2.65. The van der Waals surface area contributed by atoms with Gasteiger partial charge in [0.05, 0.1) is 5.60 Å². The van der Waals surface area contributed by atoms with Crippen molar-refractivity contribution >= 4 is 0 Å². The molecule has 1 rings (SSSR count). The Balaban J connectivity index is 2.61. The molecule has 0 amide bonds. The van der Waals surface area contributed by atoms with Crippen LogP contribution in [0.15, 0.2) is 18.2 Å². The van der Waals surface area contributed by atoms with Gasteiger partial charge in [-0.3, -0.25) is 0 Å². The van der Waals surface area contributed by atoms with E-state index in [0.29, 0.717) is 19.0 Å². The van der Waals surface area contributed by atoms with E-state index in [2.05, 4.69) is 5.32 Å². The summed E-state index contributed by atoms with van der Waals surface area (Å²) in [5, 5.41) is 13.4. The number of nitrogens with one attached hydrogen (secondary N) is 1. The van der Waals surface area contributed by atoms with Gasteiger partial charge in [0.25, 0.3) is 0 Å². The third kappa shape index (κ3) is 4.70. The molecule has 1 atom stereocenters. The number of halogens is 2. The lowest BCUT2D eigenvalue weighted by atomic mass is 9.93. The normalized spacial score (nSPS) is 14.8. The van der Waals surface area contributed by atoms with Gasteiger partial charge in [-0.15, -0.1) is 0 Å². The Bertz CT molecular complexity index is 391. The molecule has 0 aliphatic heterocycles. The molecule has 2 N–H and O–H groups in total. The Morgan fingerprint density at radius 2 is 2.00 bits per heavy atom. The van der Waals surface area contributed by atoms with Crippen LogP contribution in [0.2, 0.25) is 0 Å². The standard InChI is InChI=1S/C14H21F2NO/c1-10(2)17-8-7-14(3,18)9-11-5-4-6-12(15)13(11)16/h4-6,10,17-18H,7-9H2,1-3H3. The maximum absolute atomic E-state index is 13.5. The minimum atomic E-state index is -1.05. The molecule has 2 nitrogen and oxygen atoms in total. The van der Waals surface area contributed by atoms with Crippen LogP contribution in [0.25, 0.3) is 0 Å². The molecular weight excluding hydrogens is 236 g/mol. The first-order chi connectivity index (χ1) is 8.32. The van der Waals surface area contributed by atoms with Crippen molar-refractivity contribution in [1.82, 2.24) is 5.32 Å². The highest BCUT2D eigenvalue weighted by atomic mass is 19.2. The van der Waals surface area contributed by atoms with Crippen molar-refractivity contribution in [3.8, 4) is 0 Å². The van der Waals surface area contributed by atoms with Crippen LogP contribution in [0.1, 0.15) is 32.8 Å². The van der Waals surface area contributed by atoms with E-state index < -0.39 is 17.2 Å². The number of hydrogen-bond donors (Lipinski definition) is 2. The maximum atomic E-state index is 13.5. The summed E-state index contributed by atoms with van der Waals surface area (Å²) < 4.78 is 26.5. The van der Waals surface area contributed by atoms with E-state index >= 15 is 0 Å². The van der Waals surface area contributed by atoms with Crippen LogP contribution in [0, 0.1) is 11.6 Å². The Kier molecular flexibility index (Phi) is 5.23. The van der Waals surface area contributed by atoms with Crippen LogP contribution in [0.3, 0.4) is 0 Å². The second-order valence-corrected chi connectivity index (χ2v) is 5.25. The summed E-state index contributed by atoms with van der Waals surface area (Å²) in [6.07, 6.45) is 0.595. The minimum absolute atomic E-state index is 0.108. The summed E-state index contributed by atoms with van der Waals surface area (Å²) in [6.45, 7) is 6.31.